The molecule has 0 fully saturated rings. The van der Waals surface area contributed by atoms with Gasteiger partial charge >= 0.3 is 0 Å². The molecule has 0 aliphatic heterocycles. The van der Waals surface area contributed by atoms with E-state index in [-0.39, 0.29) is 12.5 Å². The zero-order chi connectivity index (χ0) is 13.5. The predicted molar refractivity (Wildman–Crippen MR) is 73.7 cm³/mol. The number of aliphatic hydroxyl groups excluding tert-OH is 1. The molecule has 18 heavy (non-hydrogen) atoms. The van der Waals surface area contributed by atoms with Crippen molar-refractivity contribution in [2.75, 3.05) is 38.3 Å². The Kier molecular flexibility index (Phi) is 5.45. The fourth-order valence-electron chi connectivity index (χ4n) is 1.60. The third kappa shape index (κ3) is 3.92. The summed E-state index contributed by atoms with van der Waals surface area (Å²) in [7, 11) is 3.43. The average Bonchev–Trinajstić information content (AvgIpc) is 2.34. The highest BCUT2D eigenvalue weighted by Gasteiger charge is 2.13. The number of carbonyl (C=O) groups excluding carboxylic acids is 1. The van der Waals surface area contributed by atoms with Gasteiger partial charge in [0.15, 0.2) is 0 Å². The topological polar surface area (TPSA) is 78.6 Å². The lowest BCUT2D eigenvalue weighted by atomic mass is 10.1. The molecule has 0 heterocycles. The van der Waals surface area contributed by atoms with Crippen molar-refractivity contribution < 1.29 is 9.90 Å². The number of unbranched alkanes of at least 4 members (excludes halogenated alkanes) is 1. The zero-order valence-corrected chi connectivity index (χ0v) is 10.9. The van der Waals surface area contributed by atoms with Gasteiger partial charge in [0, 0.05) is 38.6 Å². The molecule has 0 spiro atoms. The first-order chi connectivity index (χ1) is 8.56. The van der Waals surface area contributed by atoms with Gasteiger partial charge in [0.1, 0.15) is 0 Å². The molecule has 0 atom stereocenters. The van der Waals surface area contributed by atoms with Gasteiger partial charge in [0.05, 0.1) is 5.56 Å². The summed E-state index contributed by atoms with van der Waals surface area (Å²) in [6.07, 6.45) is 1.59. The molecular weight excluding hydrogens is 230 g/mol. The number of nitrogens with two attached hydrogens (primary N) is 1. The first-order valence-corrected chi connectivity index (χ1v) is 6.02. The Hall–Kier alpha value is -1.75. The molecule has 0 radical (unpaired) electrons. The van der Waals surface area contributed by atoms with E-state index in [0.717, 1.165) is 18.5 Å². The number of benzene rings is 1. The number of anilines is 2. The molecule has 0 aromatic heterocycles. The zero-order valence-electron chi connectivity index (χ0n) is 10.9. The van der Waals surface area contributed by atoms with E-state index in [4.69, 9.17) is 10.8 Å². The molecule has 5 nitrogen and oxygen atoms in total. The molecule has 0 aliphatic carbocycles. The quantitative estimate of drug-likeness (QED) is 0.523. The van der Waals surface area contributed by atoms with Crippen LogP contribution in [0.2, 0.25) is 0 Å². The van der Waals surface area contributed by atoms with Gasteiger partial charge in [0.2, 0.25) is 0 Å². The Balaban J connectivity index is 2.80. The standard InChI is InChI=1S/C13H21N3O2/c1-16(2)13(18)11-6-5-10(14)9-12(11)15-7-3-4-8-17/h5-6,9,15,17H,3-4,7-8,14H2,1-2H3. The van der Waals surface area contributed by atoms with Gasteiger partial charge in [-0.05, 0) is 31.0 Å². The molecule has 0 saturated heterocycles. The van der Waals surface area contributed by atoms with E-state index in [0.29, 0.717) is 17.8 Å². The maximum Gasteiger partial charge on any atom is 0.255 e. The van der Waals surface area contributed by atoms with Crippen molar-refractivity contribution in [2.45, 2.75) is 12.8 Å². The van der Waals surface area contributed by atoms with E-state index < -0.39 is 0 Å². The van der Waals surface area contributed by atoms with Crippen molar-refractivity contribution in [2.24, 2.45) is 0 Å². The van der Waals surface area contributed by atoms with Crippen LogP contribution in [0.15, 0.2) is 18.2 Å². The monoisotopic (exact) mass is 251 g/mol. The second-order valence-electron chi connectivity index (χ2n) is 4.36. The smallest absolute Gasteiger partial charge is 0.255 e. The first-order valence-electron chi connectivity index (χ1n) is 6.02. The summed E-state index contributed by atoms with van der Waals surface area (Å²) in [6.45, 7) is 0.889. The summed E-state index contributed by atoms with van der Waals surface area (Å²) in [5.74, 6) is -0.0559. The average molecular weight is 251 g/mol. The Morgan fingerprint density at radius 2 is 2.11 bits per heavy atom. The number of nitrogen functional groups attached to an aromatic ring is 1. The molecule has 0 unspecified atom stereocenters. The summed E-state index contributed by atoms with van der Waals surface area (Å²) in [5, 5.41) is 11.9. The normalized spacial score (nSPS) is 10.2. The predicted octanol–water partition coefficient (Wildman–Crippen LogP) is 1.15. The lowest BCUT2D eigenvalue weighted by Crippen LogP contribution is -2.23. The number of carbonyl (C=O) groups is 1. The highest BCUT2D eigenvalue weighted by Crippen LogP contribution is 2.20. The van der Waals surface area contributed by atoms with Gasteiger partial charge in [-0.2, -0.15) is 0 Å². The Morgan fingerprint density at radius 1 is 1.39 bits per heavy atom. The van der Waals surface area contributed by atoms with Gasteiger partial charge in [0.25, 0.3) is 5.91 Å². The summed E-state index contributed by atoms with van der Waals surface area (Å²) in [5.41, 5.74) is 7.70. The van der Waals surface area contributed by atoms with E-state index in [1.807, 2.05) is 0 Å². The van der Waals surface area contributed by atoms with Crippen LogP contribution in [0.1, 0.15) is 23.2 Å². The van der Waals surface area contributed by atoms with Crippen molar-refractivity contribution in [3.05, 3.63) is 23.8 Å². The highest BCUT2D eigenvalue weighted by molar-refractivity contribution is 5.99. The van der Waals surface area contributed by atoms with Crippen LogP contribution in [-0.2, 0) is 0 Å². The van der Waals surface area contributed by atoms with Crippen LogP contribution in [0.3, 0.4) is 0 Å². The van der Waals surface area contributed by atoms with Crippen molar-refractivity contribution in [3.63, 3.8) is 0 Å². The minimum atomic E-state index is -0.0559. The molecule has 1 amide bonds. The summed E-state index contributed by atoms with van der Waals surface area (Å²) < 4.78 is 0. The van der Waals surface area contributed by atoms with Gasteiger partial charge in [-0.15, -0.1) is 0 Å². The maximum atomic E-state index is 12.0. The second-order valence-corrected chi connectivity index (χ2v) is 4.36. The highest BCUT2D eigenvalue weighted by atomic mass is 16.2. The molecule has 1 rings (SSSR count). The maximum absolute atomic E-state index is 12.0. The summed E-state index contributed by atoms with van der Waals surface area (Å²) in [6, 6.07) is 5.21. The molecule has 0 bridgehead atoms. The molecular formula is C13H21N3O2. The lowest BCUT2D eigenvalue weighted by molar-refractivity contribution is 0.0828. The van der Waals surface area contributed by atoms with Gasteiger partial charge in [-0.1, -0.05) is 0 Å². The Morgan fingerprint density at radius 3 is 2.72 bits per heavy atom. The van der Waals surface area contributed by atoms with Crippen molar-refractivity contribution in [3.8, 4) is 0 Å². The van der Waals surface area contributed by atoms with Crippen LogP contribution in [0.25, 0.3) is 0 Å². The van der Waals surface area contributed by atoms with E-state index in [9.17, 15) is 4.79 Å². The van der Waals surface area contributed by atoms with Crippen molar-refractivity contribution in [1.29, 1.82) is 0 Å². The summed E-state index contributed by atoms with van der Waals surface area (Å²) >= 11 is 0. The lowest BCUT2D eigenvalue weighted by Gasteiger charge is -2.16. The Bertz CT molecular complexity index is 405. The largest absolute Gasteiger partial charge is 0.399 e. The van der Waals surface area contributed by atoms with Crippen LogP contribution < -0.4 is 11.1 Å². The van der Waals surface area contributed by atoms with Crippen LogP contribution in [0.5, 0.6) is 0 Å². The number of hydrogen-bond acceptors (Lipinski definition) is 4. The minimum Gasteiger partial charge on any atom is -0.399 e. The first kappa shape index (κ1) is 14.3. The number of aliphatic hydroxyl groups is 1. The van der Waals surface area contributed by atoms with Gasteiger partial charge in [-0.25, -0.2) is 0 Å². The Labute approximate surface area is 108 Å². The number of rotatable bonds is 6. The third-order valence-electron chi connectivity index (χ3n) is 2.58. The number of nitrogens with one attached hydrogen (secondary N) is 1. The molecule has 5 heteroatoms. The van der Waals surface area contributed by atoms with Crippen LogP contribution in [0, 0.1) is 0 Å². The van der Waals surface area contributed by atoms with E-state index in [1.54, 1.807) is 32.3 Å². The van der Waals surface area contributed by atoms with E-state index in [1.165, 1.54) is 4.90 Å². The fraction of sp³-hybridized carbons (Fsp3) is 0.462. The molecule has 4 N–H and O–H groups in total. The fourth-order valence-corrected chi connectivity index (χ4v) is 1.60. The SMILES string of the molecule is CN(C)C(=O)c1ccc(N)cc1NCCCCO. The van der Waals surface area contributed by atoms with Crippen molar-refractivity contribution in [1.82, 2.24) is 4.90 Å². The van der Waals surface area contributed by atoms with Gasteiger partial charge in [-0.3, -0.25) is 4.79 Å². The van der Waals surface area contributed by atoms with Gasteiger partial charge < -0.3 is 21.1 Å². The van der Waals surface area contributed by atoms with Crippen molar-refractivity contribution >= 4 is 17.3 Å². The van der Waals surface area contributed by atoms with Crippen LogP contribution in [0.4, 0.5) is 11.4 Å². The number of nitrogens with zero attached hydrogens (tertiary/aromatic N) is 1. The summed E-state index contributed by atoms with van der Waals surface area (Å²) in [4.78, 5) is 13.5. The minimum absolute atomic E-state index is 0.0559. The van der Waals surface area contributed by atoms with E-state index >= 15 is 0 Å². The number of hydrogen-bond donors (Lipinski definition) is 3. The molecule has 1 aromatic rings. The molecule has 100 valence electrons. The van der Waals surface area contributed by atoms with E-state index in [2.05, 4.69) is 5.32 Å². The molecule has 0 saturated carbocycles. The number of amides is 1. The van der Waals surface area contributed by atoms with Crippen LogP contribution >= 0.6 is 0 Å². The third-order valence-corrected chi connectivity index (χ3v) is 2.58. The van der Waals surface area contributed by atoms with Crippen LogP contribution in [-0.4, -0.2) is 43.2 Å². The second kappa shape index (κ2) is 6.86. The molecule has 1 aromatic carbocycles. The molecule has 0 aliphatic rings.